The zero-order chi connectivity index (χ0) is 23.1. The van der Waals surface area contributed by atoms with E-state index in [1.165, 1.54) is 6.92 Å². The molecule has 0 spiro atoms. The third-order valence-corrected chi connectivity index (χ3v) is 5.12. The van der Waals surface area contributed by atoms with E-state index in [4.69, 9.17) is 10.5 Å². The van der Waals surface area contributed by atoms with Gasteiger partial charge in [-0.1, -0.05) is 12.1 Å². The van der Waals surface area contributed by atoms with E-state index in [0.717, 1.165) is 36.3 Å². The molecule has 0 aliphatic carbocycles. The van der Waals surface area contributed by atoms with Crippen LogP contribution in [0.15, 0.2) is 30.5 Å². The third kappa shape index (κ3) is 5.61. The molecule has 1 aromatic carbocycles. The Morgan fingerprint density at radius 1 is 1.25 bits per heavy atom. The number of urea groups is 1. The van der Waals surface area contributed by atoms with Gasteiger partial charge < -0.3 is 25.7 Å². The van der Waals surface area contributed by atoms with Gasteiger partial charge in [-0.15, -0.1) is 0 Å². The summed E-state index contributed by atoms with van der Waals surface area (Å²) in [4.78, 5) is 32.5. The summed E-state index contributed by atoms with van der Waals surface area (Å²) in [6.45, 7) is 7.69. The molecule has 0 saturated heterocycles. The predicted octanol–water partition coefficient (Wildman–Crippen LogP) is 3.66. The van der Waals surface area contributed by atoms with Gasteiger partial charge in [0.2, 0.25) is 0 Å². The lowest BCUT2D eigenvalue weighted by Crippen LogP contribution is -2.29. The van der Waals surface area contributed by atoms with Gasteiger partial charge in [0.15, 0.2) is 11.6 Å². The number of benzene rings is 1. The molecule has 2 aromatic heterocycles. The zero-order valence-corrected chi connectivity index (χ0v) is 18.8. The number of aromatic nitrogens is 3. The first-order valence-electron chi connectivity index (χ1n) is 10.7. The predicted molar refractivity (Wildman–Crippen MR) is 125 cm³/mol. The number of hydrogen-bond acceptors (Lipinski definition) is 6. The Morgan fingerprint density at radius 3 is 2.81 bits per heavy atom. The summed E-state index contributed by atoms with van der Waals surface area (Å²) in [5.74, 6) is 1.19. The van der Waals surface area contributed by atoms with Crippen LogP contribution in [0, 0.1) is 6.92 Å². The van der Waals surface area contributed by atoms with Crippen LogP contribution in [0.1, 0.15) is 48.4 Å². The first kappa shape index (κ1) is 23.2. The van der Waals surface area contributed by atoms with Crippen LogP contribution >= 0.6 is 0 Å². The van der Waals surface area contributed by atoms with Crippen LogP contribution in [0.25, 0.3) is 11.0 Å². The van der Waals surface area contributed by atoms with Gasteiger partial charge in [-0.25, -0.2) is 14.8 Å². The van der Waals surface area contributed by atoms with Crippen molar-refractivity contribution in [3.05, 3.63) is 47.4 Å². The number of nitrogens with zero attached hydrogens (tertiary/aromatic N) is 3. The zero-order valence-electron chi connectivity index (χ0n) is 18.8. The number of pyridine rings is 1. The van der Waals surface area contributed by atoms with Crippen molar-refractivity contribution >= 4 is 34.4 Å². The molecule has 0 aliphatic rings. The molecule has 0 fully saturated rings. The number of imidazole rings is 1. The highest BCUT2D eigenvalue weighted by molar-refractivity contribution is 5.96. The minimum atomic E-state index is -0.300. The van der Waals surface area contributed by atoms with Crippen molar-refractivity contribution in [3.8, 4) is 0 Å². The second-order valence-electron chi connectivity index (χ2n) is 7.57. The number of nitrogen functional groups attached to an aromatic ring is 1. The third-order valence-electron chi connectivity index (χ3n) is 5.12. The van der Waals surface area contributed by atoms with Crippen LogP contribution < -0.4 is 16.4 Å². The maximum Gasteiger partial charge on any atom is 0.319 e. The average Bonchev–Trinajstić information content (AvgIpc) is 3.14. The standard InChI is InChI=1S/C23H30N6O3/c1-4-32-14-19-28-20-21(15(2)13-26-22(20)24)29(19)11-6-5-10-25-23(31)27-18-9-7-8-17(12-18)16(3)30/h7-9,12-13H,4-6,10-11,14H2,1-3H3,(H2,24,26)(H2,25,27,31). The number of ketones is 1. The molecule has 2 amide bonds. The van der Waals surface area contributed by atoms with Crippen LogP contribution in [-0.2, 0) is 17.9 Å². The fourth-order valence-corrected chi connectivity index (χ4v) is 3.50. The van der Waals surface area contributed by atoms with Gasteiger partial charge in [0, 0.05) is 37.1 Å². The summed E-state index contributed by atoms with van der Waals surface area (Å²) >= 11 is 0. The molecule has 9 heteroatoms. The molecule has 3 rings (SSSR count). The van der Waals surface area contributed by atoms with Gasteiger partial charge >= 0.3 is 6.03 Å². The molecular weight excluding hydrogens is 408 g/mol. The number of nitrogens with one attached hydrogen (secondary N) is 2. The number of carbonyl (C=O) groups is 2. The van der Waals surface area contributed by atoms with Crippen molar-refractivity contribution in [1.82, 2.24) is 19.9 Å². The Kier molecular flexibility index (Phi) is 7.77. The minimum Gasteiger partial charge on any atom is -0.382 e. The second-order valence-corrected chi connectivity index (χ2v) is 7.57. The van der Waals surface area contributed by atoms with E-state index >= 15 is 0 Å². The Hall–Kier alpha value is -3.46. The number of aryl methyl sites for hydroxylation is 2. The van der Waals surface area contributed by atoms with Crippen molar-refractivity contribution in [2.75, 3.05) is 24.2 Å². The second kappa shape index (κ2) is 10.7. The normalized spacial score (nSPS) is 11.0. The van der Waals surface area contributed by atoms with E-state index in [0.29, 0.717) is 42.3 Å². The quantitative estimate of drug-likeness (QED) is 0.328. The van der Waals surface area contributed by atoms with Gasteiger partial charge in [-0.05, 0) is 51.3 Å². The van der Waals surface area contributed by atoms with E-state index < -0.39 is 0 Å². The van der Waals surface area contributed by atoms with Crippen LogP contribution in [0.3, 0.4) is 0 Å². The van der Waals surface area contributed by atoms with Crippen molar-refractivity contribution in [2.24, 2.45) is 0 Å². The molecular formula is C23H30N6O3. The van der Waals surface area contributed by atoms with Crippen molar-refractivity contribution < 1.29 is 14.3 Å². The monoisotopic (exact) mass is 438 g/mol. The summed E-state index contributed by atoms with van der Waals surface area (Å²) in [6, 6.07) is 6.57. The summed E-state index contributed by atoms with van der Waals surface area (Å²) < 4.78 is 7.71. The number of amides is 2. The van der Waals surface area contributed by atoms with Crippen molar-refractivity contribution in [1.29, 1.82) is 0 Å². The van der Waals surface area contributed by atoms with Crippen LogP contribution in [0.4, 0.5) is 16.3 Å². The smallest absolute Gasteiger partial charge is 0.319 e. The summed E-state index contributed by atoms with van der Waals surface area (Å²) in [5.41, 5.74) is 9.86. The largest absolute Gasteiger partial charge is 0.382 e. The molecule has 0 bridgehead atoms. The molecule has 0 saturated carbocycles. The molecule has 9 nitrogen and oxygen atoms in total. The molecule has 0 aliphatic heterocycles. The first-order chi connectivity index (χ1) is 15.4. The SMILES string of the molecule is CCOCc1nc2c(N)ncc(C)c2n1CCCCNC(=O)Nc1cccc(C(C)=O)c1. The number of ether oxygens (including phenoxy) is 1. The lowest BCUT2D eigenvalue weighted by molar-refractivity contribution is 0.101. The number of anilines is 2. The summed E-state index contributed by atoms with van der Waals surface area (Å²) in [7, 11) is 0. The number of Topliss-reactive ketones (excluding diaryl/α,β-unsaturated/α-hetero) is 1. The van der Waals surface area contributed by atoms with E-state index in [9.17, 15) is 9.59 Å². The number of rotatable bonds is 10. The topological polar surface area (TPSA) is 124 Å². The number of unbranched alkanes of at least 4 members (excludes halogenated alkanes) is 1. The molecule has 0 unspecified atom stereocenters. The molecule has 32 heavy (non-hydrogen) atoms. The number of nitrogens with two attached hydrogens (primary N) is 1. The molecule has 4 N–H and O–H groups in total. The highest BCUT2D eigenvalue weighted by Crippen LogP contribution is 2.24. The van der Waals surface area contributed by atoms with Crippen LogP contribution in [0.5, 0.6) is 0 Å². The Morgan fingerprint density at radius 2 is 2.06 bits per heavy atom. The Balaban J connectivity index is 1.55. The maximum atomic E-state index is 12.2. The van der Waals surface area contributed by atoms with Gasteiger partial charge in [-0.3, -0.25) is 4.79 Å². The number of fused-ring (bicyclic) bond motifs is 1. The summed E-state index contributed by atoms with van der Waals surface area (Å²) in [6.07, 6.45) is 3.38. The van der Waals surface area contributed by atoms with E-state index in [2.05, 4.69) is 25.2 Å². The number of hydrogen-bond donors (Lipinski definition) is 3. The molecule has 3 aromatic rings. The van der Waals surface area contributed by atoms with E-state index in [-0.39, 0.29) is 11.8 Å². The Bertz CT molecular complexity index is 1110. The highest BCUT2D eigenvalue weighted by atomic mass is 16.5. The van der Waals surface area contributed by atoms with Gasteiger partial charge in [-0.2, -0.15) is 0 Å². The number of carbonyl (C=O) groups excluding carboxylic acids is 2. The van der Waals surface area contributed by atoms with E-state index in [1.807, 2.05) is 13.8 Å². The first-order valence-corrected chi connectivity index (χ1v) is 10.7. The fourth-order valence-electron chi connectivity index (χ4n) is 3.50. The summed E-state index contributed by atoms with van der Waals surface area (Å²) in [5, 5.41) is 5.61. The van der Waals surface area contributed by atoms with Gasteiger partial charge in [0.05, 0.1) is 5.52 Å². The Labute approximate surface area is 187 Å². The van der Waals surface area contributed by atoms with Crippen molar-refractivity contribution in [3.63, 3.8) is 0 Å². The lowest BCUT2D eigenvalue weighted by atomic mass is 10.1. The van der Waals surface area contributed by atoms with Crippen LogP contribution in [-0.4, -0.2) is 39.5 Å². The fraction of sp³-hybridized carbons (Fsp3) is 0.391. The highest BCUT2D eigenvalue weighted by Gasteiger charge is 2.15. The molecule has 2 heterocycles. The maximum absolute atomic E-state index is 12.2. The van der Waals surface area contributed by atoms with Crippen molar-refractivity contribution in [2.45, 2.75) is 46.8 Å². The van der Waals surface area contributed by atoms with Gasteiger partial charge in [0.1, 0.15) is 17.9 Å². The molecule has 170 valence electrons. The molecule has 0 atom stereocenters. The van der Waals surface area contributed by atoms with Gasteiger partial charge in [0.25, 0.3) is 0 Å². The lowest BCUT2D eigenvalue weighted by Gasteiger charge is -2.11. The van der Waals surface area contributed by atoms with Crippen LogP contribution in [0.2, 0.25) is 0 Å². The average molecular weight is 439 g/mol. The molecule has 0 radical (unpaired) electrons. The minimum absolute atomic E-state index is 0.0439. The van der Waals surface area contributed by atoms with E-state index in [1.54, 1.807) is 30.5 Å².